The van der Waals surface area contributed by atoms with E-state index in [1.165, 1.54) is 38.5 Å². The highest BCUT2D eigenvalue weighted by atomic mass is 31.1. The maximum Gasteiger partial charge on any atom is 0.194 e. The van der Waals surface area contributed by atoms with Crippen molar-refractivity contribution in [2.45, 2.75) is 38.5 Å². The number of hydrogen-bond donors (Lipinski definition) is 2. The van der Waals surface area contributed by atoms with Gasteiger partial charge in [0.2, 0.25) is 0 Å². The summed E-state index contributed by atoms with van der Waals surface area (Å²) in [6.45, 7) is 0. The van der Waals surface area contributed by atoms with E-state index in [-0.39, 0.29) is 0 Å². The Bertz CT molecular complexity index is 78.2. The molecule has 0 amide bonds. The Morgan fingerprint density at radius 3 is 1.00 bits per heavy atom. The Hall–Kier alpha value is 0.150. The second kappa shape index (κ2) is 7.26. The van der Waals surface area contributed by atoms with Crippen LogP contribution in [0.4, 0.5) is 0 Å². The van der Waals surface area contributed by atoms with E-state index in [1.54, 1.807) is 0 Å². The van der Waals surface area contributed by atoms with E-state index in [1.807, 2.05) is 0 Å². The van der Waals surface area contributed by atoms with Gasteiger partial charge in [-0.3, -0.25) is 15.6 Å². The molecule has 0 bridgehead atoms. The number of rotatable bonds is 0. The molecule has 0 aliphatic heterocycles. The monoisotopic (exact) mass is 164 g/mol. The summed E-state index contributed by atoms with van der Waals surface area (Å²) in [6.07, 6.45) is 9.00. The van der Waals surface area contributed by atoms with Crippen LogP contribution in [0.15, 0.2) is 0 Å². The van der Waals surface area contributed by atoms with Crippen molar-refractivity contribution in [1.29, 1.82) is 0 Å². The van der Waals surface area contributed by atoms with Crippen LogP contribution in [0.25, 0.3) is 0 Å². The minimum absolute atomic E-state index is 1.50. The smallest absolute Gasteiger partial charge is 0.194 e. The number of nitrogens with two attached hydrogens (primary N) is 2. The largest absolute Gasteiger partial charge is 0.293 e. The summed E-state index contributed by atoms with van der Waals surface area (Å²) in [5.41, 5.74) is 8.87. The summed E-state index contributed by atoms with van der Waals surface area (Å²) in [6, 6.07) is 0. The van der Waals surface area contributed by atoms with Gasteiger partial charge in [0.15, 0.2) is 8.10 Å². The van der Waals surface area contributed by atoms with Gasteiger partial charge in [0.1, 0.15) is 0 Å². The Labute approximate surface area is 63.1 Å². The summed E-state index contributed by atoms with van der Waals surface area (Å²) in [4.78, 5) is 0. The highest BCUT2D eigenvalue weighted by Gasteiger charge is 1.95. The first-order valence-electron chi connectivity index (χ1n) is 3.78. The third-order valence-electron chi connectivity index (χ3n) is 1.50. The minimum Gasteiger partial charge on any atom is -0.293 e. The SMILES string of the molecule is C1CCCCC1.N[PH](N)=O. The Morgan fingerprint density at radius 2 is 0.900 bits per heavy atom. The molecule has 1 aliphatic rings. The first-order chi connectivity index (χ1) is 4.73. The second-order valence-corrected chi connectivity index (χ2v) is 3.33. The zero-order chi connectivity index (χ0) is 7.82. The van der Waals surface area contributed by atoms with Crippen molar-refractivity contribution in [2.75, 3.05) is 0 Å². The molecule has 1 fully saturated rings. The number of hydrogen-bond acceptors (Lipinski definition) is 1. The predicted molar refractivity (Wildman–Crippen MR) is 45.1 cm³/mol. The van der Waals surface area contributed by atoms with Gasteiger partial charge in [-0.15, -0.1) is 0 Å². The fourth-order valence-corrected chi connectivity index (χ4v) is 1.06. The second-order valence-electron chi connectivity index (χ2n) is 2.52. The van der Waals surface area contributed by atoms with Crippen LogP contribution in [-0.4, -0.2) is 0 Å². The fraction of sp³-hybridized carbons (Fsp3) is 1.00. The first kappa shape index (κ1) is 10.2. The average Bonchev–Trinajstić information content (AvgIpc) is 1.90. The zero-order valence-corrected chi connectivity index (χ0v) is 7.31. The molecule has 0 atom stereocenters. The molecular weight excluding hydrogens is 147 g/mol. The van der Waals surface area contributed by atoms with Crippen LogP contribution in [0.2, 0.25) is 0 Å². The Kier molecular flexibility index (Phi) is 7.37. The van der Waals surface area contributed by atoms with E-state index in [9.17, 15) is 4.57 Å². The van der Waals surface area contributed by atoms with Crippen LogP contribution in [-0.2, 0) is 4.57 Å². The van der Waals surface area contributed by atoms with E-state index >= 15 is 0 Å². The van der Waals surface area contributed by atoms with Gasteiger partial charge >= 0.3 is 0 Å². The first-order valence-corrected chi connectivity index (χ1v) is 5.34. The molecule has 0 saturated heterocycles. The lowest BCUT2D eigenvalue weighted by Crippen LogP contribution is -1.85. The molecule has 0 spiro atoms. The van der Waals surface area contributed by atoms with Crippen molar-refractivity contribution in [1.82, 2.24) is 0 Å². The molecule has 62 valence electrons. The van der Waals surface area contributed by atoms with Crippen LogP contribution in [0, 0.1) is 0 Å². The third kappa shape index (κ3) is 11.0. The van der Waals surface area contributed by atoms with E-state index in [2.05, 4.69) is 11.0 Å². The molecule has 1 rings (SSSR count). The summed E-state index contributed by atoms with van der Waals surface area (Å²) >= 11 is 0. The van der Waals surface area contributed by atoms with Crippen LogP contribution in [0.3, 0.4) is 0 Å². The van der Waals surface area contributed by atoms with Gasteiger partial charge < -0.3 is 0 Å². The van der Waals surface area contributed by atoms with Gasteiger partial charge in [-0.25, -0.2) is 0 Å². The van der Waals surface area contributed by atoms with Crippen molar-refractivity contribution in [3.05, 3.63) is 0 Å². The summed E-state index contributed by atoms with van der Waals surface area (Å²) in [5.74, 6) is 0. The van der Waals surface area contributed by atoms with E-state index in [4.69, 9.17) is 0 Å². The van der Waals surface area contributed by atoms with Crippen molar-refractivity contribution in [3.63, 3.8) is 0 Å². The topological polar surface area (TPSA) is 69.1 Å². The molecule has 1 saturated carbocycles. The molecule has 0 unspecified atom stereocenters. The zero-order valence-electron chi connectivity index (χ0n) is 6.31. The minimum atomic E-state index is -2.13. The highest BCUT2D eigenvalue weighted by Crippen LogP contribution is 2.15. The fourth-order valence-electron chi connectivity index (χ4n) is 1.06. The maximum absolute atomic E-state index is 9.19. The molecular formula is C6H17N2OP. The van der Waals surface area contributed by atoms with Crippen LogP contribution >= 0.6 is 8.10 Å². The highest BCUT2D eigenvalue weighted by molar-refractivity contribution is 7.39. The average molecular weight is 164 g/mol. The van der Waals surface area contributed by atoms with Crippen molar-refractivity contribution in [3.8, 4) is 0 Å². The summed E-state index contributed by atoms with van der Waals surface area (Å²) < 4.78 is 9.19. The summed E-state index contributed by atoms with van der Waals surface area (Å²) in [7, 11) is -2.13. The summed E-state index contributed by atoms with van der Waals surface area (Å²) in [5, 5.41) is 0. The van der Waals surface area contributed by atoms with Gasteiger partial charge in [-0.2, -0.15) is 0 Å². The molecule has 3 nitrogen and oxygen atoms in total. The molecule has 1 aliphatic carbocycles. The van der Waals surface area contributed by atoms with Gasteiger partial charge in [0.05, 0.1) is 0 Å². The Morgan fingerprint density at radius 1 is 0.800 bits per heavy atom. The van der Waals surface area contributed by atoms with E-state index in [0.29, 0.717) is 0 Å². The van der Waals surface area contributed by atoms with Crippen LogP contribution in [0.5, 0.6) is 0 Å². The van der Waals surface area contributed by atoms with Crippen molar-refractivity contribution >= 4 is 8.10 Å². The molecule has 0 aromatic carbocycles. The van der Waals surface area contributed by atoms with E-state index in [0.717, 1.165) is 0 Å². The van der Waals surface area contributed by atoms with Gasteiger partial charge in [-0.1, -0.05) is 38.5 Å². The lowest BCUT2D eigenvalue weighted by Gasteiger charge is -2.05. The third-order valence-corrected chi connectivity index (χ3v) is 1.50. The van der Waals surface area contributed by atoms with Gasteiger partial charge in [0, 0.05) is 0 Å². The van der Waals surface area contributed by atoms with E-state index < -0.39 is 8.10 Å². The molecule has 4 N–H and O–H groups in total. The quantitative estimate of drug-likeness (QED) is 0.534. The predicted octanol–water partition coefficient (Wildman–Crippen LogP) is 1.63. The maximum atomic E-state index is 9.19. The van der Waals surface area contributed by atoms with Crippen molar-refractivity contribution in [2.24, 2.45) is 11.0 Å². The molecule has 4 heteroatoms. The molecule has 10 heavy (non-hydrogen) atoms. The molecule has 0 heterocycles. The van der Waals surface area contributed by atoms with Crippen LogP contribution < -0.4 is 11.0 Å². The molecule has 0 radical (unpaired) electrons. The standard InChI is InChI=1S/C6H12.H5N2OP/c1-2-4-6-5-3-1;1-4(2)3/h1-6H2;4H,(H4,1,2,3). The van der Waals surface area contributed by atoms with Gasteiger partial charge in [0.25, 0.3) is 0 Å². The Balaban J connectivity index is 0.000000180. The normalized spacial score (nSPS) is 17.9. The molecule has 0 aromatic heterocycles. The lowest BCUT2D eigenvalue weighted by atomic mass is 10.0. The van der Waals surface area contributed by atoms with Crippen LogP contribution in [0.1, 0.15) is 38.5 Å². The van der Waals surface area contributed by atoms with Crippen molar-refractivity contribution < 1.29 is 4.57 Å². The van der Waals surface area contributed by atoms with Gasteiger partial charge in [-0.05, 0) is 0 Å². The lowest BCUT2D eigenvalue weighted by molar-refractivity contribution is 0.504. The molecule has 0 aromatic rings.